The molecule has 0 aliphatic heterocycles. The fourth-order valence-corrected chi connectivity index (χ4v) is 2.88. The molecule has 0 spiro atoms. The van der Waals surface area contributed by atoms with Crippen LogP contribution in [-0.2, 0) is 9.84 Å². The van der Waals surface area contributed by atoms with E-state index in [0.717, 1.165) is 5.57 Å². The lowest BCUT2D eigenvalue weighted by Gasteiger charge is -2.04. The third kappa shape index (κ3) is 3.58. The zero-order valence-corrected chi connectivity index (χ0v) is 11.5. The molecule has 0 aliphatic carbocycles. The first kappa shape index (κ1) is 14.7. The molecule has 0 aromatic heterocycles. The van der Waals surface area contributed by atoms with Crippen LogP contribution in [0.2, 0.25) is 5.02 Å². The van der Waals surface area contributed by atoms with E-state index in [-0.39, 0.29) is 21.2 Å². The highest BCUT2D eigenvalue weighted by Gasteiger charge is 2.16. The normalized spacial score (nSPS) is 11.1. The Morgan fingerprint density at radius 3 is 2.44 bits per heavy atom. The van der Waals surface area contributed by atoms with Crippen molar-refractivity contribution in [3.8, 4) is 0 Å². The van der Waals surface area contributed by atoms with Gasteiger partial charge in [0, 0.05) is 0 Å². The summed E-state index contributed by atoms with van der Waals surface area (Å²) in [6, 6.07) is 3.61. The SMILES string of the molecule is CC(C)=CCS(=O)(=O)c1ccc(C(=O)O)c(Cl)c1. The predicted molar refractivity (Wildman–Crippen MR) is 69.9 cm³/mol. The van der Waals surface area contributed by atoms with Crippen molar-refractivity contribution < 1.29 is 18.3 Å². The molecular weight excluding hydrogens is 276 g/mol. The smallest absolute Gasteiger partial charge is 0.337 e. The average Bonchev–Trinajstić information content (AvgIpc) is 2.26. The average molecular weight is 289 g/mol. The van der Waals surface area contributed by atoms with Gasteiger partial charge in [-0.2, -0.15) is 0 Å². The number of carboxylic acids is 1. The van der Waals surface area contributed by atoms with Gasteiger partial charge >= 0.3 is 5.97 Å². The van der Waals surface area contributed by atoms with Gasteiger partial charge < -0.3 is 5.11 Å². The first-order chi connectivity index (χ1) is 8.24. The van der Waals surface area contributed by atoms with Crippen molar-refractivity contribution in [1.82, 2.24) is 0 Å². The second-order valence-corrected chi connectivity index (χ2v) is 6.45. The Morgan fingerprint density at radius 1 is 1.39 bits per heavy atom. The Morgan fingerprint density at radius 2 is 2.00 bits per heavy atom. The number of carbonyl (C=O) groups is 1. The summed E-state index contributed by atoms with van der Waals surface area (Å²) in [5.41, 5.74) is 0.782. The summed E-state index contributed by atoms with van der Waals surface area (Å²) >= 11 is 5.73. The molecule has 0 bridgehead atoms. The predicted octanol–water partition coefficient (Wildman–Crippen LogP) is 2.78. The lowest BCUT2D eigenvalue weighted by atomic mass is 10.2. The van der Waals surface area contributed by atoms with Crippen molar-refractivity contribution in [2.45, 2.75) is 18.7 Å². The van der Waals surface area contributed by atoms with Crippen LogP contribution in [0.15, 0.2) is 34.7 Å². The summed E-state index contributed by atoms with van der Waals surface area (Å²) in [6.45, 7) is 3.60. The summed E-state index contributed by atoms with van der Waals surface area (Å²) in [6.07, 6.45) is 1.59. The van der Waals surface area contributed by atoms with E-state index in [1.165, 1.54) is 18.2 Å². The molecule has 0 fully saturated rings. The van der Waals surface area contributed by atoms with E-state index in [1.807, 2.05) is 0 Å². The highest BCUT2D eigenvalue weighted by atomic mass is 35.5. The van der Waals surface area contributed by atoms with Gasteiger partial charge in [-0.15, -0.1) is 0 Å². The van der Waals surface area contributed by atoms with Crippen molar-refractivity contribution >= 4 is 27.4 Å². The van der Waals surface area contributed by atoms with Gasteiger partial charge in [0.05, 0.1) is 21.2 Å². The number of benzene rings is 1. The van der Waals surface area contributed by atoms with Gasteiger partial charge in [0.1, 0.15) is 0 Å². The second kappa shape index (κ2) is 5.54. The molecule has 0 saturated heterocycles. The molecule has 4 nitrogen and oxygen atoms in total. The van der Waals surface area contributed by atoms with Crippen LogP contribution in [0.5, 0.6) is 0 Å². The molecule has 0 aliphatic rings. The monoisotopic (exact) mass is 288 g/mol. The second-order valence-electron chi connectivity index (χ2n) is 4.01. The molecule has 0 saturated carbocycles. The Labute approximate surface area is 111 Å². The van der Waals surface area contributed by atoms with Gasteiger partial charge in [0.2, 0.25) is 0 Å². The quantitative estimate of drug-likeness (QED) is 0.865. The molecule has 0 unspecified atom stereocenters. The molecule has 0 radical (unpaired) electrons. The topological polar surface area (TPSA) is 71.4 Å². The van der Waals surface area contributed by atoms with Crippen LogP contribution in [0.25, 0.3) is 0 Å². The van der Waals surface area contributed by atoms with Crippen molar-refractivity contribution in [3.05, 3.63) is 40.4 Å². The van der Waals surface area contributed by atoms with Gasteiger partial charge in [0.25, 0.3) is 0 Å². The lowest BCUT2D eigenvalue weighted by Crippen LogP contribution is -2.06. The zero-order chi connectivity index (χ0) is 13.9. The summed E-state index contributed by atoms with van der Waals surface area (Å²) in [7, 11) is -3.47. The highest BCUT2D eigenvalue weighted by molar-refractivity contribution is 7.91. The van der Waals surface area contributed by atoms with Crippen LogP contribution in [0.1, 0.15) is 24.2 Å². The first-order valence-electron chi connectivity index (χ1n) is 5.13. The number of hydrogen-bond acceptors (Lipinski definition) is 3. The van der Waals surface area contributed by atoms with Crippen LogP contribution in [0.3, 0.4) is 0 Å². The van der Waals surface area contributed by atoms with E-state index in [4.69, 9.17) is 16.7 Å². The summed E-state index contributed by atoms with van der Waals surface area (Å²) in [5, 5.41) is 8.71. The minimum Gasteiger partial charge on any atom is -0.478 e. The van der Waals surface area contributed by atoms with Crippen molar-refractivity contribution in [2.24, 2.45) is 0 Å². The molecule has 1 N–H and O–H groups in total. The maximum atomic E-state index is 11.9. The van der Waals surface area contributed by atoms with Crippen LogP contribution in [0.4, 0.5) is 0 Å². The lowest BCUT2D eigenvalue weighted by molar-refractivity contribution is 0.0697. The maximum absolute atomic E-state index is 11.9. The Bertz CT molecular complexity index is 599. The molecule has 1 aromatic carbocycles. The molecule has 18 heavy (non-hydrogen) atoms. The Hall–Kier alpha value is -1.33. The van der Waals surface area contributed by atoms with Crippen LogP contribution in [0, 0.1) is 0 Å². The third-order valence-electron chi connectivity index (χ3n) is 2.24. The van der Waals surface area contributed by atoms with Crippen LogP contribution < -0.4 is 0 Å². The molecular formula is C12H13ClO4S. The maximum Gasteiger partial charge on any atom is 0.337 e. The molecule has 6 heteroatoms. The molecule has 98 valence electrons. The first-order valence-corrected chi connectivity index (χ1v) is 7.16. The van der Waals surface area contributed by atoms with E-state index >= 15 is 0 Å². The largest absolute Gasteiger partial charge is 0.478 e. The summed E-state index contributed by atoms with van der Waals surface area (Å²) in [4.78, 5) is 10.8. The van der Waals surface area contributed by atoms with E-state index in [2.05, 4.69) is 0 Å². The third-order valence-corrected chi connectivity index (χ3v) is 4.13. The number of aromatic carboxylic acids is 1. The number of halogens is 1. The zero-order valence-electron chi connectivity index (χ0n) is 9.97. The fraction of sp³-hybridized carbons (Fsp3) is 0.250. The highest BCUT2D eigenvalue weighted by Crippen LogP contribution is 2.22. The summed E-state index contributed by atoms with van der Waals surface area (Å²) in [5.74, 6) is -1.31. The van der Waals surface area contributed by atoms with Gasteiger partial charge in [-0.25, -0.2) is 13.2 Å². The molecule has 0 amide bonds. The minimum atomic E-state index is -3.47. The fourth-order valence-electron chi connectivity index (χ4n) is 1.24. The molecule has 0 atom stereocenters. The number of sulfone groups is 1. The Kier molecular flexibility index (Phi) is 4.53. The van der Waals surface area contributed by atoms with Crippen molar-refractivity contribution in [3.63, 3.8) is 0 Å². The van der Waals surface area contributed by atoms with E-state index in [0.29, 0.717) is 0 Å². The molecule has 1 aromatic rings. The van der Waals surface area contributed by atoms with E-state index in [1.54, 1.807) is 19.9 Å². The summed E-state index contributed by atoms with van der Waals surface area (Å²) < 4.78 is 23.8. The van der Waals surface area contributed by atoms with Gasteiger partial charge in [-0.1, -0.05) is 23.3 Å². The number of carboxylic acid groups (broad SMARTS) is 1. The number of allylic oxidation sites excluding steroid dienone is 1. The number of hydrogen-bond donors (Lipinski definition) is 1. The standard InChI is InChI=1S/C12H13ClO4S/c1-8(2)5-6-18(16,17)9-3-4-10(12(14)15)11(13)7-9/h3-5,7H,6H2,1-2H3,(H,14,15). The minimum absolute atomic E-state index is 0.0231. The van der Waals surface area contributed by atoms with Crippen molar-refractivity contribution in [2.75, 3.05) is 5.75 Å². The molecule has 1 rings (SSSR count). The van der Waals surface area contributed by atoms with Gasteiger partial charge in [0.15, 0.2) is 9.84 Å². The number of rotatable bonds is 4. The Balaban J connectivity index is 3.16. The van der Waals surface area contributed by atoms with Crippen LogP contribution >= 0.6 is 11.6 Å². The van der Waals surface area contributed by atoms with Crippen molar-refractivity contribution in [1.29, 1.82) is 0 Å². The molecule has 0 heterocycles. The van der Waals surface area contributed by atoms with Gasteiger partial charge in [-0.05, 0) is 32.0 Å². The van der Waals surface area contributed by atoms with Crippen LogP contribution in [-0.4, -0.2) is 25.2 Å². The van der Waals surface area contributed by atoms with Gasteiger partial charge in [-0.3, -0.25) is 0 Å². The van der Waals surface area contributed by atoms with E-state index in [9.17, 15) is 13.2 Å². The van der Waals surface area contributed by atoms with E-state index < -0.39 is 15.8 Å².